The van der Waals surface area contributed by atoms with Gasteiger partial charge in [-0.25, -0.2) is 0 Å². The van der Waals surface area contributed by atoms with Gasteiger partial charge in [0.15, 0.2) is 0 Å². The van der Waals surface area contributed by atoms with Crippen molar-refractivity contribution in [2.75, 3.05) is 5.32 Å². The van der Waals surface area contributed by atoms with Crippen molar-refractivity contribution in [2.45, 2.75) is 71.0 Å². The molecule has 1 amide bonds. The van der Waals surface area contributed by atoms with Crippen LogP contribution in [0.3, 0.4) is 0 Å². The number of hydrogen-bond acceptors (Lipinski definition) is 2. The predicted octanol–water partition coefficient (Wildman–Crippen LogP) is 7.09. The molecule has 5 heteroatoms. The molecule has 0 bridgehead atoms. The van der Waals surface area contributed by atoms with E-state index in [4.69, 9.17) is 0 Å². The molecule has 0 spiro atoms. The van der Waals surface area contributed by atoms with E-state index in [0.717, 1.165) is 40.5 Å². The van der Waals surface area contributed by atoms with Gasteiger partial charge in [-0.2, -0.15) is 0 Å². The lowest BCUT2D eigenvalue weighted by molar-refractivity contribution is -0.145. The van der Waals surface area contributed by atoms with E-state index in [1.165, 1.54) is 18.4 Å². The Bertz CT molecular complexity index is 972. The molecule has 2 aromatic carbocycles. The minimum Gasteiger partial charge on any atom is -0.481 e. The molecule has 178 valence electrons. The van der Waals surface area contributed by atoms with Gasteiger partial charge in [-0.1, -0.05) is 85.9 Å². The van der Waals surface area contributed by atoms with Crippen molar-refractivity contribution in [3.63, 3.8) is 0 Å². The van der Waals surface area contributed by atoms with Crippen LogP contribution in [0.1, 0.15) is 74.6 Å². The van der Waals surface area contributed by atoms with Crippen LogP contribution in [-0.2, 0) is 21.3 Å². The third kappa shape index (κ3) is 6.26. The van der Waals surface area contributed by atoms with Crippen LogP contribution in [0.4, 0.5) is 5.69 Å². The zero-order chi connectivity index (χ0) is 24.2. The van der Waals surface area contributed by atoms with Crippen LogP contribution in [0.15, 0.2) is 42.5 Å². The summed E-state index contributed by atoms with van der Waals surface area (Å²) in [7, 11) is 0. The molecule has 0 saturated heterocycles. The highest BCUT2D eigenvalue weighted by atomic mass is 79.9. The van der Waals surface area contributed by atoms with Gasteiger partial charge in [0.1, 0.15) is 0 Å². The molecule has 1 saturated carbocycles. The van der Waals surface area contributed by atoms with Crippen molar-refractivity contribution in [2.24, 2.45) is 17.3 Å². The third-order valence-electron chi connectivity index (χ3n) is 7.12. The van der Waals surface area contributed by atoms with E-state index in [1.54, 1.807) is 0 Å². The molecule has 2 N–H and O–H groups in total. The number of hydrogen-bond donors (Lipinski definition) is 2. The van der Waals surface area contributed by atoms with Crippen LogP contribution < -0.4 is 5.32 Å². The molecule has 1 aliphatic carbocycles. The minimum atomic E-state index is -0.787. The Kier molecular flexibility index (Phi) is 8.38. The molecule has 2 atom stereocenters. The quantitative estimate of drug-likeness (QED) is 0.370. The summed E-state index contributed by atoms with van der Waals surface area (Å²) >= 11 is 3.50. The molecule has 1 fully saturated rings. The standard InChI is InChI=1S/C28H36BrNO3/c1-18-22(16-23(27(32)33)28(2,3)4)10-7-11-24(18)30-26(31)25(20-8-5-6-9-20)21-14-12-19(17-29)13-15-21/h7,10-15,20,23,25H,5-6,8-9,16-17H2,1-4H3,(H,30,31)(H,32,33). The fourth-order valence-electron chi connectivity index (χ4n) is 4.98. The van der Waals surface area contributed by atoms with Gasteiger partial charge in [0.05, 0.1) is 11.8 Å². The molecule has 2 unspecified atom stereocenters. The molecule has 0 aliphatic heterocycles. The molecular formula is C28H36BrNO3. The summed E-state index contributed by atoms with van der Waals surface area (Å²) in [6, 6.07) is 14.2. The average Bonchev–Trinajstić information content (AvgIpc) is 3.28. The molecule has 0 aromatic heterocycles. The Labute approximate surface area is 206 Å². The van der Waals surface area contributed by atoms with E-state index in [1.807, 2.05) is 45.9 Å². The molecule has 0 heterocycles. The predicted molar refractivity (Wildman–Crippen MR) is 138 cm³/mol. The Morgan fingerprint density at radius 2 is 1.73 bits per heavy atom. The number of rotatable bonds is 8. The maximum absolute atomic E-state index is 13.6. The number of benzene rings is 2. The van der Waals surface area contributed by atoms with E-state index < -0.39 is 11.9 Å². The lowest BCUT2D eigenvalue weighted by atomic mass is 9.76. The van der Waals surface area contributed by atoms with Crippen molar-refractivity contribution >= 4 is 33.5 Å². The summed E-state index contributed by atoms with van der Waals surface area (Å²) in [5, 5.41) is 13.8. The zero-order valence-electron chi connectivity index (χ0n) is 20.2. The van der Waals surface area contributed by atoms with E-state index in [2.05, 4.69) is 45.5 Å². The molecule has 1 aliphatic rings. The highest BCUT2D eigenvalue weighted by Gasteiger charge is 2.33. The summed E-state index contributed by atoms with van der Waals surface area (Å²) in [4.78, 5) is 25.5. The fraction of sp³-hybridized carbons (Fsp3) is 0.500. The number of carbonyl (C=O) groups is 2. The average molecular weight is 515 g/mol. The van der Waals surface area contributed by atoms with Gasteiger partial charge in [-0.15, -0.1) is 0 Å². The second-order valence-corrected chi connectivity index (χ2v) is 11.0. The normalized spacial score (nSPS) is 16.4. The molecule has 2 aromatic rings. The van der Waals surface area contributed by atoms with Crippen LogP contribution in [0.5, 0.6) is 0 Å². The Balaban J connectivity index is 1.86. The fourth-order valence-corrected chi connectivity index (χ4v) is 5.35. The van der Waals surface area contributed by atoms with Crippen LogP contribution in [0.2, 0.25) is 0 Å². The van der Waals surface area contributed by atoms with Gasteiger partial charge in [-0.3, -0.25) is 9.59 Å². The van der Waals surface area contributed by atoms with Gasteiger partial charge in [-0.05, 0) is 65.8 Å². The Hall–Kier alpha value is -2.14. The van der Waals surface area contributed by atoms with Crippen molar-refractivity contribution in [1.82, 2.24) is 0 Å². The van der Waals surface area contributed by atoms with Gasteiger partial charge < -0.3 is 10.4 Å². The summed E-state index contributed by atoms with van der Waals surface area (Å²) < 4.78 is 0. The summed E-state index contributed by atoms with van der Waals surface area (Å²) in [5.74, 6) is -1.09. The largest absolute Gasteiger partial charge is 0.481 e. The monoisotopic (exact) mass is 513 g/mol. The molecule has 0 radical (unpaired) electrons. The smallest absolute Gasteiger partial charge is 0.307 e. The van der Waals surface area contributed by atoms with Crippen LogP contribution >= 0.6 is 15.9 Å². The highest BCUT2D eigenvalue weighted by Crippen LogP contribution is 2.39. The second kappa shape index (κ2) is 10.9. The maximum atomic E-state index is 13.6. The first-order valence-corrected chi connectivity index (χ1v) is 13.0. The van der Waals surface area contributed by atoms with E-state index >= 15 is 0 Å². The van der Waals surface area contributed by atoms with Crippen molar-refractivity contribution in [3.8, 4) is 0 Å². The second-order valence-electron chi connectivity index (χ2n) is 10.4. The van der Waals surface area contributed by atoms with Crippen LogP contribution in [0.25, 0.3) is 0 Å². The van der Waals surface area contributed by atoms with E-state index in [0.29, 0.717) is 12.3 Å². The number of amides is 1. The van der Waals surface area contributed by atoms with Crippen molar-refractivity contribution < 1.29 is 14.7 Å². The lowest BCUT2D eigenvalue weighted by Crippen LogP contribution is -2.30. The van der Waals surface area contributed by atoms with Gasteiger partial charge in [0.2, 0.25) is 5.91 Å². The number of anilines is 1. The van der Waals surface area contributed by atoms with E-state index in [-0.39, 0.29) is 17.2 Å². The van der Waals surface area contributed by atoms with Gasteiger partial charge >= 0.3 is 5.97 Å². The first-order valence-electron chi connectivity index (χ1n) is 11.9. The topological polar surface area (TPSA) is 66.4 Å². The number of aliphatic carboxylic acids is 1. The van der Waals surface area contributed by atoms with Crippen LogP contribution in [0, 0.1) is 24.2 Å². The molecule has 3 rings (SSSR count). The summed E-state index contributed by atoms with van der Waals surface area (Å²) in [6.07, 6.45) is 4.93. The van der Waals surface area contributed by atoms with Crippen molar-refractivity contribution in [3.05, 3.63) is 64.7 Å². The Morgan fingerprint density at radius 3 is 2.27 bits per heavy atom. The SMILES string of the molecule is Cc1c(CC(C(=O)O)C(C)(C)C)cccc1NC(=O)C(c1ccc(CBr)cc1)C1CCCC1. The molecule has 33 heavy (non-hydrogen) atoms. The van der Waals surface area contributed by atoms with Gasteiger partial charge in [0, 0.05) is 11.0 Å². The Morgan fingerprint density at radius 1 is 1.09 bits per heavy atom. The number of nitrogens with one attached hydrogen (secondary N) is 1. The summed E-state index contributed by atoms with van der Waals surface area (Å²) in [6.45, 7) is 7.85. The number of carboxylic acids is 1. The highest BCUT2D eigenvalue weighted by molar-refractivity contribution is 9.08. The number of alkyl halides is 1. The number of carboxylic acid groups (broad SMARTS) is 1. The number of halogens is 1. The molecule has 4 nitrogen and oxygen atoms in total. The maximum Gasteiger partial charge on any atom is 0.307 e. The minimum absolute atomic E-state index is 0.0272. The van der Waals surface area contributed by atoms with Crippen LogP contribution in [-0.4, -0.2) is 17.0 Å². The lowest BCUT2D eigenvalue weighted by Gasteiger charge is -2.28. The first-order chi connectivity index (χ1) is 15.6. The zero-order valence-corrected chi connectivity index (χ0v) is 21.7. The number of carbonyl (C=O) groups excluding carboxylic acids is 1. The molecular weight excluding hydrogens is 478 g/mol. The summed E-state index contributed by atoms with van der Waals surface area (Å²) in [5.41, 5.74) is 4.59. The first kappa shape index (κ1) is 25.5. The third-order valence-corrected chi connectivity index (χ3v) is 7.77. The van der Waals surface area contributed by atoms with Crippen molar-refractivity contribution in [1.29, 1.82) is 0 Å². The van der Waals surface area contributed by atoms with Gasteiger partial charge in [0.25, 0.3) is 0 Å². The van der Waals surface area contributed by atoms with E-state index in [9.17, 15) is 14.7 Å².